The third-order valence-corrected chi connectivity index (χ3v) is 5.22. The van der Waals surface area contributed by atoms with Crippen molar-refractivity contribution in [3.8, 4) is 11.5 Å². The summed E-state index contributed by atoms with van der Waals surface area (Å²) in [5.41, 5.74) is 1.16. The minimum Gasteiger partial charge on any atom is -0.490 e. The highest BCUT2D eigenvalue weighted by Gasteiger charge is 2.28. The van der Waals surface area contributed by atoms with E-state index in [4.69, 9.17) is 14.2 Å². The van der Waals surface area contributed by atoms with Crippen LogP contribution in [0.1, 0.15) is 29.7 Å². The van der Waals surface area contributed by atoms with Crippen LogP contribution in [0.4, 0.5) is 0 Å². The van der Waals surface area contributed by atoms with Crippen LogP contribution in [0.5, 0.6) is 11.5 Å². The predicted molar refractivity (Wildman–Crippen MR) is 80.4 cm³/mol. The first-order valence-electron chi connectivity index (χ1n) is 6.60. The van der Waals surface area contributed by atoms with Gasteiger partial charge in [0.05, 0.1) is 24.1 Å². The number of benzene rings is 1. The zero-order valence-electron chi connectivity index (χ0n) is 10.5. The first kappa shape index (κ1) is 13.7. The van der Waals surface area contributed by atoms with Crippen LogP contribution in [-0.2, 0) is 4.74 Å². The number of hydrogen-bond donors (Lipinski definition) is 0. The van der Waals surface area contributed by atoms with Crippen molar-refractivity contribution in [2.45, 2.75) is 30.2 Å². The fraction of sp³-hybridized carbons (Fsp3) is 0.571. The molecule has 2 aliphatic rings. The number of halogens is 2. The van der Waals surface area contributed by atoms with Gasteiger partial charge in [0.2, 0.25) is 0 Å². The Balaban J connectivity index is 1.90. The molecule has 0 radical (unpaired) electrons. The molecule has 2 atom stereocenters. The first-order valence-corrected chi connectivity index (χ1v) is 8.31. The van der Waals surface area contributed by atoms with Crippen LogP contribution in [-0.4, -0.2) is 25.9 Å². The summed E-state index contributed by atoms with van der Waals surface area (Å²) >= 11 is 7.39. The van der Waals surface area contributed by atoms with Crippen LogP contribution in [0.15, 0.2) is 16.6 Å². The van der Waals surface area contributed by atoms with Crippen molar-refractivity contribution in [2.24, 2.45) is 0 Å². The van der Waals surface area contributed by atoms with E-state index in [0.29, 0.717) is 13.2 Å². The van der Waals surface area contributed by atoms with Crippen LogP contribution in [0, 0.1) is 0 Å². The molecule has 1 saturated heterocycles. The Morgan fingerprint density at radius 1 is 1.05 bits per heavy atom. The lowest BCUT2D eigenvalue weighted by Gasteiger charge is -2.20. The van der Waals surface area contributed by atoms with Gasteiger partial charge in [-0.1, -0.05) is 31.9 Å². The van der Waals surface area contributed by atoms with Crippen LogP contribution in [0.3, 0.4) is 0 Å². The quantitative estimate of drug-likeness (QED) is 0.706. The number of rotatable bonds is 2. The highest BCUT2D eigenvalue weighted by atomic mass is 79.9. The Hall–Kier alpha value is -0.260. The second kappa shape index (κ2) is 6.02. The van der Waals surface area contributed by atoms with Gasteiger partial charge in [-0.25, -0.2) is 0 Å². The first-order chi connectivity index (χ1) is 9.25. The van der Waals surface area contributed by atoms with Gasteiger partial charge >= 0.3 is 0 Å². The van der Waals surface area contributed by atoms with E-state index in [0.717, 1.165) is 47.4 Å². The van der Waals surface area contributed by atoms with Gasteiger partial charge in [0.25, 0.3) is 0 Å². The molecule has 19 heavy (non-hydrogen) atoms. The largest absolute Gasteiger partial charge is 0.490 e. The molecule has 0 N–H and O–H groups in total. The minimum atomic E-state index is 0.182. The molecule has 2 unspecified atom stereocenters. The van der Waals surface area contributed by atoms with Gasteiger partial charge in [-0.15, -0.1) is 0 Å². The predicted octanol–water partition coefficient (Wildman–Crippen LogP) is 4.23. The molecule has 5 heteroatoms. The van der Waals surface area contributed by atoms with Gasteiger partial charge in [-0.05, 0) is 30.5 Å². The lowest BCUT2D eigenvalue weighted by Crippen LogP contribution is -2.13. The van der Waals surface area contributed by atoms with Gasteiger partial charge in [0.1, 0.15) is 0 Å². The Morgan fingerprint density at radius 2 is 1.79 bits per heavy atom. The maximum atomic E-state index is 5.75. The van der Waals surface area contributed by atoms with E-state index in [9.17, 15) is 0 Å². The number of alkyl halides is 1. The fourth-order valence-corrected chi connectivity index (χ4v) is 4.12. The van der Waals surface area contributed by atoms with Crippen LogP contribution in [0.2, 0.25) is 0 Å². The van der Waals surface area contributed by atoms with Crippen molar-refractivity contribution in [1.29, 1.82) is 0 Å². The van der Waals surface area contributed by atoms with E-state index in [1.807, 2.05) is 6.07 Å². The second-order valence-electron chi connectivity index (χ2n) is 4.82. The maximum Gasteiger partial charge on any atom is 0.162 e. The normalized spacial score (nSPS) is 24.0. The number of ether oxygens (including phenoxy) is 3. The molecule has 3 nitrogen and oxygen atoms in total. The molecular weight excluding hydrogens is 376 g/mol. The van der Waals surface area contributed by atoms with E-state index in [-0.39, 0.29) is 10.9 Å². The van der Waals surface area contributed by atoms with Crippen molar-refractivity contribution in [3.05, 3.63) is 22.2 Å². The molecule has 0 amide bonds. The molecule has 2 aliphatic heterocycles. The van der Waals surface area contributed by atoms with E-state index in [1.165, 1.54) is 0 Å². The summed E-state index contributed by atoms with van der Waals surface area (Å²) in [4.78, 5) is 0.182. The van der Waals surface area contributed by atoms with E-state index < -0.39 is 0 Å². The van der Waals surface area contributed by atoms with Crippen molar-refractivity contribution < 1.29 is 14.2 Å². The zero-order chi connectivity index (χ0) is 13.2. The SMILES string of the molecule is Brc1cc2c(cc1C(Br)C1CCCO1)OCCCO2. The standard InChI is InChI=1S/C14H16Br2O3/c15-10-8-13-12(18-5-2-6-19-13)7-9(10)14(16)11-3-1-4-17-11/h7-8,11,14H,1-6H2. The Morgan fingerprint density at radius 3 is 2.47 bits per heavy atom. The molecule has 1 aromatic rings. The number of fused-ring (bicyclic) bond motifs is 1. The van der Waals surface area contributed by atoms with E-state index >= 15 is 0 Å². The summed E-state index contributed by atoms with van der Waals surface area (Å²) in [7, 11) is 0. The summed E-state index contributed by atoms with van der Waals surface area (Å²) in [5, 5.41) is 0. The summed E-state index contributed by atoms with van der Waals surface area (Å²) in [6, 6.07) is 4.06. The smallest absolute Gasteiger partial charge is 0.162 e. The van der Waals surface area contributed by atoms with Crippen LogP contribution < -0.4 is 9.47 Å². The third-order valence-electron chi connectivity index (χ3n) is 3.46. The summed E-state index contributed by atoms with van der Waals surface area (Å²) in [5.74, 6) is 1.65. The average Bonchev–Trinajstić information content (AvgIpc) is 2.84. The lowest BCUT2D eigenvalue weighted by molar-refractivity contribution is 0.110. The van der Waals surface area contributed by atoms with Crippen molar-refractivity contribution >= 4 is 31.9 Å². The molecule has 3 rings (SSSR count). The maximum absolute atomic E-state index is 5.75. The molecule has 0 saturated carbocycles. The molecule has 1 aromatic carbocycles. The van der Waals surface area contributed by atoms with Crippen molar-refractivity contribution in [2.75, 3.05) is 19.8 Å². The lowest BCUT2D eigenvalue weighted by atomic mass is 10.0. The molecule has 0 aromatic heterocycles. The zero-order valence-corrected chi connectivity index (χ0v) is 13.7. The monoisotopic (exact) mass is 390 g/mol. The third kappa shape index (κ3) is 2.93. The average molecular weight is 392 g/mol. The van der Waals surface area contributed by atoms with Gasteiger partial charge in [-0.2, -0.15) is 0 Å². The summed E-state index contributed by atoms with van der Waals surface area (Å²) < 4.78 is 18.2. The minimum absolute atomic E-state index is 0.182. The highest BCUT2D eigenvalue weighted by Crippen LogP contribution is 2.43. The molecule has 104 valence electrons. The Bertz CT molecular complexity index is 458. The Labute approximate surface area is 129 Å². The summed E-state index contributed by atoms with van der Waals surface area (Å²) in [6.45, 7) is 2.28. The van der Waals surface area contributed by atoms with Gasteiger partial charge < -0.3 is 14.2 Å². The van der Waals surface area contributed by atoms with Gasteiger partial charge in [0, 0.05) is 17.5 Å². The van der Waals surface area contributed by atoms with Crippen molar-refractivity contribution in [1.82, 2.24) is 0 Å². The number of hydrogen-bond acceptors (Lipinski definition) is 3. The van der Waals surface area contributed by atoms with E-state index in [1.54, 1.807) is 0 Å². The highest BCUT2D eigenvalue weighted by molar-refractivity contribution is 9.11. The molecule has 1 fully saturated rings. The molecule has 0 bridgehead atoms. The fourth-order valence-electron chi connectivity index (χ4n) is 2.44. The van der Waals surface area contributed by atoms with Crippen molar-refractivity contribution in [3.63, 3.8) is 0 Å². The molecule has 0 spiro atoms. The molecule has 2 heterocycles. The van der Waals surface area contributed by atoms with Gasteiger partial charge in [-0.3, -0.25) is 0 Å². The Kier molecular flexibility index (Phi) is 4.34. The molecular formula is C14H16Br2O3. The van der Waals surface area contributed by atoms with Crippen LogP contribution in [0.25, 0.3) is 0 Å². The second-order valence-corrected chi connectivity index (χ2v) is 6.67. The summed E-state index contributed by atoms with van der Waals surface area (Å²) in [6.07, 6.45) is 3.39. The topological polar surface area (TPSA) is 27.7 Å². The van der Waals surface area contributed by atoms with Crippen LogP contribution >= 0.6 is 31.9 Å². The van der Waals surface area contributed by atoms with Gasteiger partial charge in [0.15, 0.2) is 11.5 Å². The van der Waals surface area contributed by atoms with E-state index in [2.05, 4.69) is 37.9 Å². The molecule has 0 aliphatic carbocycles.